The molecule has 0 radical (unpaired) electrons. The summed E-state index contributed by atoms with van der Waals surface area (Å²) in [7, 11) is 2.03. The van der Waals surface area contributed by atoms with E-state index in [4.69, 9.17) is 19.8 Å². The standard InChI is InChI=1S/C17H20N2O.C2H2O4/c1-19(14-15-8-4-2-5-9-15)13-12-17(20)18-16-10-6-3-7-11-16;3-1(4)2(5)6/h2-11H,12-14H2,1H3,(H,18,20);(H,3,4)(H,5,6). The van der Waals surface area contributed by atoms with Crippen LogP contribution in [-0.4, -0.2) is 46.6 Å². The van der Waals surface area contributed by atoms with Gasteiger partial charge in [0.15, 0.2) is 0 Å². The molecule has 0 fully saturated rings. The fourth-order valence-electron chi connectivity index (χ4n) is 2.01. The normalized spacial score (nSPS) is 9.77. The van der Waals surface area contributed by atoms with E-state index in [-0.39, 0.29) is 5.91 Å². The van der Waals surface area contributed by atoms with E-state index in [0.717, 1.165) is 18.8 Å². The Morgan fingerprint density at radius 2 is 1.38 bits per heavy atom. The van der Waals surface area contributed by atoms with Gasteiger partial charge in [0, 0.05) is 25.2 Å². The molecule has 1 amide bonds. The van der Waals surface area contributed by atoms with E-state index in [1.54, 1.807) is 0 Å². The molecular formula is C19H22N2O5. The van der Waals surface area contributed by atoms with Crippen LogP contribution in [0.1, 0.15) is 12.0 Å². The molecule has 7 nitrogen and oxygen atoms in total. The highest BCUT2D eigenvalue weighted by molar-refractivity contribution is 6.27. The van der Waals surface area contributed by atoms with Gasteiger partial charge in [-0.2, -0.15) is 0 Å². The second-order valence-corrected chi connectivity index (χ2v) is 5.50. The van der Waals surface area contributed by atoms with Crippen LogP contribution < -0.4 is 5.32 Å². The number of hydrogen-bond acceptors (Lipinski definition) is 4. The minimum atomic E-state index is -1.82. The van der Waals surface area contributed by atoms with Crippen LogP contribution in [0.3, 0.4) is 0 Å². The van der Waals surface area contributed by atoms with Crippen molar-refractivity contribution in [3.05, 3.63) is 66.2 Å². The molecule has 0 spiro atoms. The molecule has 3 N–H and O–H groups in total. The molecule has 2 aromatic carbocycles. The number of aliphatic carboxylic acids is 2. The van der Waals surface area contributed by atoms with Gasteiger partial charge >= 0.3 is 11.9 Å². The molecule has 0 aromatic heterocycles. The number of para-hydroxylation sites is 1. The summed E-state index contributed by atoms with van der Waals surface area (Å²) in [5, 5.41) is 17.7. The van der Waals surface area contributed by atoms with Crippen LogP contribution in [0, 0.1) is 0 Å². The highest BCUT2D eigenvalue weighted by atomic mass is 16.4. The number of carbonyl (C=O) groups excluding carboxylic acids is 1. The molecule has 2 aromatic rings. The Labute approximate surface area is 151 Å². The van der Waals surface area contributed by atoms with E-state index in [1.807, 2.05) is 55.6 Å². The van der Waals surface area contributed by atoms with Gasteiger partial charge in [-0.15, -0.1) is 0 Å². The number of amides is 1. The van der Waals surface area contributed by atoms with Crippen molar-refractivity contribution >= 4 is 23.5 Å². The van der Waals surface area contributed by atoms with E-state index in [9.17, 15) is 4.79 Å². The number of carboxylic acids is 2. The minimum absolute atomic E-state index is 0.0520. The Morgan fingerprint density at radius 3 is 1.88 bits per heavy atom. The first-order chi connectivity index (χ1) is 12.4. The molecule has 0 aliphatic rings. The van der Waals surface area contributed by atoms with Crippen LogP contribution >= 0.6 is 0 Å². The molecular weight excluding hydrogens is 336 g/mol. The summed E-state index contributed by atoms with van der Waals surface area (Å²) < 4.78 is 0. The van der Waals surface area contributed by atoms with Crippen molar-refractivity contribution in [2.45, 2.75) is 13.0 Å². The molecule has 0 atom stereocenters. The zero-order valence-corrected chi connectivity index (χ0v) is 14.5. The van der Waals surface area contributed by atoms with E-state index in [1.165, 1.54) is 5.56 Å². The monoisotopic (exact) mass is 358 g/mol. The Bertz CT molecular complexity index is 692. The summed E-state index contributed by atoms with van der Waals surface area (Å²) in [4.78, 5) is 32.2. The maximum absolute atomic E-state index is 11.8. The Kier molecular flexibility index (Phi) is 9.13. The van der Waals surface area contributed by atoms with Gasteiger partial charge in [-0.05, 0) is 24.7 Å². The molecule has 7 heteroatoms. The SMILES string of the molecule is CN(CCC(=O)Nc1ccccc1)Cc1ccccc1.O=C(O)C(=O)O. The van der Waals surface area contributed by atoms with Crippen molar-refractivity contribution in [3.8, 4) is 0 Å². The number of carboxylic acid groups (broad SMARTS) is 2. The van der Waals surface area contributed by atoms with Crippen molar-refractivity contribution in [2.75, 3.05) is 18.9 Å². The predicted molar refractivity (Wildman–Crippen MR) is 97.7 cm³/mol. The number of carbonyl (C=O) groups is 3. The van der Waals surface area contributed by atoms with Gasteiger partial charge in [0.25, 0.3) is 0 Å². The van der Waals surface area contributed by atoms with Gasteiger partial charge in [0.2, 0.25) is 5.91 Å². The Morgan fingerprint density at radius 1 is 0.885 bits per heavy atom. The quantitative estimate of drug-likeness (QED) is 0.684. The topological polar surface area (TPSA) is 107 Å². The first kappa shape index (κ1) is 20.9. The largest absolute Gasteiger partial charge is 0.473 e. The highest BCUT2D eigenvalue weighted by Crippen LogP contribution is 2.06. The maximum Gasteiger partial charge on any atom is 0.414 e. The number of rotatable bonds is 6. The maximum atomic E-state index is 11.8. The first-order valence-electron chi connectivity index (χ1n) is 7.92. The van der Waals surface area contributed by atoms with Crippen molar-refractivity contribution in [1.29, 1.82) is 0 Å². The molecule has 2 rings (SSSR count). The van der Waals surface area contributed by atoms with Crippen LogP contribution in [0.15, 0.2) is 60.7 Å². The second kappa shape index (κ2) is 11.4. The van der Waals surface area contributed by atoms with Crippen LogP contribution in [-0.2, 0) is 20.9 Å². The van der Waals surface area contributed by atoms with Crippen molar-refractivity contribution in [2.24, 2.45) is 0 Å². The second-order valence-electron chi connectivity index (χ2n) is 5.50. The lowest BCUT2D eigenvalue weighted by molar-refractivity contribution is -0.159. The average Bonchev–Trinajstić information content (AvgIpc) is 2.62. The zero-order valence-electron chi connectivity index (χ0n) is 14.5. The fraction of sp³-hybridized carbons (Fsp3) is 0.211. The summed E-state index contributed by atoms with van der Waals surface area (Å²) in [5.41, 5.74) is 2.11. The molecule has 138 valence electrons. The number of anilines is 1. The van der Waals surface area contributed by atoms with E-state index in [2.05, 4.69) is 22.3 Å². The third-order valence-electron chi connectivity index (χ3n) is 3.26. The van der Waals surface area contributed by atoms with Gasteiger partial charge < -0.3 is 20.4 Å². The predicted octanol–water partition coefficient (Wildman–Crippen LogP) is 2.30. The summed E-state index contributed by atoms with van der Waals surface area (Å²) in [6, 6.07) is 19.8. The van der Waals surface area contributed by atoms with E-state index in [0.29, 0.717) is 6.42 Å². The summed E-state index contributed by atoms with van der Waals surface area (Å²) in [5.74, 6) is -3.60. The van der Waals surface area contributed by atoms with Crippen LogP contribution in [0.4, 0.5) is 5.69 Å². The smallest absolute Gasteiger partial charge is 0.414 e. The van der Waals surface area contributed by atoms with Crippen LogP contribution in [0.25, 0.3) is 0 Å². The van der Waals surface area contributed by atoms with E-state index < -0.39 is 11.9 Å². The molecule has 26 heavy (non-hydrogen) atoms. The molecule has 0 aliphatic carbocycles. The molecule has 0 heterocycles. The van der Waals surface area contributed by atoms with Crippen LogP contribution in [0.5, 0.6) is 0 Å². The van der Waals surface area contributed by atoms with Gasteiger partial charge in [0.1, 0.15) is 0 Å². The third-order valence-corrected chi connectivity index (χ3v) is 3.26. The van der Waals surface area contributed by atoms with Crippen LogP contribution in [0.2, 0.25) is 0 Å². The van der Waals surface area contributed by atoms with Gasteiger partial charge in [-0.3, -0.25) is 4.79 Å². The van der Waals surface area contributed by atoms with E-state index >= 15 is 0 Å². The van der Waals surface area contributed by atoms with Gasteiger partial charge in [-0.25, -0.2) is 9.59 Å². The first-order valence-corrected chi connectivity index (χ1v) is 7.92. The van der Waals surface area contributed by atoms with Crippen molar-refractivity contribution in [1.82, 2.24) is 4.90 Å². The lowest BCUT2D eigenvalue weighted by Crippen LogP contribution is -2.24. The van der Waals surface area contributed by atoms with Gasteiger partial charge in [-0.1, -0.05) is 48.5 Å². The molecule has 0 saturated carbocycles. The number of nitrogens with one attached hydrogen (secondary N) is 1. The molecule has 0 aliphatic heterocycles. The lowest BCUT2D eigenvalue weighted by atomic mass is 10.2. The summed E-state index contributed by atoms with van der Waals surface area (Å²) >= 11 is 0. The Balaban J connectivity index is 0.000000487. The number of nitrogens with zero attached hydrogens (tertiary/aromatic N) is 1. The Hall–Kier alpha value is -3.19. The summed E-state index contributed by atoms with van der Waals surface area (Å²) in [6.45, 7) is 1.60. The molecule has 0 bridgehead atoms. The number of benzene rings is 2. The average molecular weight is 358 g/mol. The minimum Gasteiger partial charge on any atom is -0.473 e. The highest BCUT2D eigenvalue weighted by Gasteiger charge is 2.05. The van der Waals surface area contributed by atoms with Crippen molar-refractivity contribution in [3.63, 3.8) is 0 Å². The van der Waals surface area contributed by atoms with Gasteiger partial charge in [0.05, 0.1) is 0 Å². The zero-order chi connectivity index (χ0) is 19.4. The third kappa shape index (κ3) is 9.19. The summed E-state index contributed by atoms with van der Waals surface area (Å²) in [6.07, 6.45) is 0.498. The molecule has 0 saturated heterocycles. The molecule has 0 unspecified atom stereocenters. The lowest BCUT2D eigenvalue weighted by Gasteiger charge is -2.16. The number of hydrogen-bond donors (Lipinski definition) is 3. The fourth-order valence-corrected chi connectivity index (χ4v) is 2.01. The van der Waals surface area contributed by atoms with Crippen molar-refractivity contribution < 1.29 is 24.6 Å².